The molecular formula is C17H17NO4. The molecule has 22 heavy (non-hydrogen) atoms. The van der Waals surface area contributed by atoms with E-state index in [-0.39, 0.29) is 5.78 Å². The molecule has 0 aliphatic heterocycles. The first kappa shape index (κ1) is 15.6. The first-order valence-corrected chi connectivity index (χ1v) is 6.63. The summed E-state index contributed by atoms with van der Waals surface area (Å²) in [6, 6.07) is 8.65. The predicted octanol–water partition coefficient (Wildman–Crippen LogP) is 3.00. The summed E-state index contributed by atoms with van der Waals surface area (Å²) in [5.74, 6) is 1.53. The molecule has 1 heterocycles. The molecule has 0 atom stereocenters. The Morgan fingerprint density at radius 2 is 1.73 bits per heavy atom. The zero-order chi connectivity index (χ0) is 15.9. The van der Waals surface area contributed by atoms with E-state index in [0.717, 1.165) is 0 Å². The van der Waals surface area contributed by atoms with Gasteiger partial charge in [0.15, 0.2) is 0 Å². The molecule has 1 aromatic carbocycles. The third-order valence-electron chi connectivity index (χ3n) is 3.07. The predicted molar refractivity (Wildman–Crippen MR) is 83.7 cm³/mol. The highest BCUT2D eigenvalue weighted by Crippen LogP contribution is 2.35. The van der Waals surface area contributed by atoms with Crippen molar-refractivity contribution in [2.45, 2.75) is 0 Å². The second-order valence-electron chi connectivity index (χ2n) is 4.36. The number of benzene rings is 1. The fourth-order valence-corrected chi connectivity index (χ4v) is 1.95. The standard InChI is InChI=1S/C17H17NO4/c1-20-12-10-16(21-2)13(17(11-12)22-3)7-8-15(19)14-6-4-5-9-18-14/h4-11H,1-3H3/b8-7+. The average Bonchev–Trinajstić information content (AvgIpc) is 2.59. The van der Waals surface area contributed by atoms with Crippen molar-refractivity contribution in [3.8, 4) is 17.2 Å². The van der Waals surface area contributed by atoms with Gasteiger partial charge in [0.1, 0.15) is 22.9 Å². The molecule has 0 saturated heterocycles. The summed E-state index contributed by atoms with van der Waals surface area (Å²) in [5.41, 5.74) is 1.04. The molecule has 5 heteroatoms. The van der Waals surface area contributed by atoms with Crippen molar-refractivity contribution in [3.63, 3.8) is 0 Å². The van der Waals surface area contributed by atoms with Crippen LogP contribution in [-0.4, -0.2) is 32.1 Å². The van der Waals surface area contributed by atoms with Crippen molar-refractivity contribution >= 4 is 11.9 Å². The minimum absolute atomic E-state index is 0.194. The van der Waals surface area contributed by atoms with Gasteiger partial charge >= 0.3 is 0 Å². The molecule has 0 aliphatic carbocycles. The number of nitrogens with zero attached hydrogens (tertiary/aromatic N) is 1. The number of carbonyl (C=O) groups excluding carboxylic acids is 1. The molecule has 0 bridgehead atoms. The third kappa shape index (κ3) is 3.44. The molecule has 2 aromatic rings. The Bertz CT molecular complexity index is 655. The van der Waals surface area contributed by atoms with Gasteiger partial charge in [-0.1, -0.05) is 6.07 Å². The maximum Gasteiger partial charge on any atom is 0.204 e. The minimum atomic E-state index is -0.194. The van der Waals surface area contributed by atoms with Crippen LogP contribution >= 0.6 is 0 Å². The highest BCUT2D eigenvalue weighted by Gasteiger charge is 2.11. The van der Waals surface area contributed by atoms with Gasteiger partial charge in [-0.3, -0.25) is 9.78 Å². The Kier molecular flexibility index (Phi) is 5.14. The molecule has 0 N–H and O–H groups in total. The Hall–Kier alpha value is -2.82. The summed E-state index contributed by atoms with van der Waals surface area (Å²) in [7, 11) is 4.66. The molecule has 0 aliphatic rings. The molecule has 0 saturated carbocycles. The molecule has 0 radical (unpaired) electrons. The van der Waals surface area contributed by atoms with Crippen LogP contribution in [0.25, 0.3) is 6.08 Å². The van der Waals surface area contributed by atoms with Crippen LogP contribution in [0.3, 0.4) is 0 Å². The van der Waals surface area contributed by atoms with Crippen LogP contribution < -0.4 is 14.2 Å². The molecule has 0 amide bonds. The van der Waals surface area contributed by atoms with Crippen molar-refractivity contribution in [1.82, 2.24) is 4.98 Å². The van der Waals surface area contributed by atoms with E-state index in [1.807, 2.05) is 0 Å². The lowest BCUT2D eigenvalue weighted by atomic mass is 10.1. The summed E-state index contributed by atoms with van der Waals surface area (Å²) in [6.45, 7) is 0. The number of pyridine rings is 1. The van der Waals surface area contributed by atoms with Gasteiger partial charge in [0.25, 0.3) is 0 Å². The van der Waals surface area contributed by atoms with Crippen molar-refractivity contribution < 1.29 is 19.0 Å². The van der Waals surface area contributed by atoms with E-state index in [2.05, 4.69) is 4.98 Å². The minimum Gasteiger partial charge on any atom is -0.496 e. The first-order valence-electron chi connectivity index (χ1n) is 6.63. The molecule has 0 unspecified atom stereocenters. The van der Waals surface area contributed by atoms with Gasteiger partial charge in [-0.2, -0.15) is 0 Å². The number of ketones is 1. The number of aromatic nitrogens is 1. The lowest BCUT2D eigenvalue weighted by Gasteiger charge is -2.12. The van der Waals surface area contributed by atoms with Crippen molar-refractivity contribution in [2.24, 2.45) is 0 Å². The molecule has 0 spiro atoms. The van der Waals surface area contributed by atoms with Gasteiger partial charge in [0.2, 0.25) is 5.78 Å². The second kappa shape index (κ2) is 7.26. The van der Waals surface area contributed by atoms with E-state index in [0.29, 0.717) is 28.5 Å². The van der Waals surface area contributed by atoms with Crippen LogP contribution in [0, 0.1) is 0 Å². The highest BCUT2D eigenvalue weighted by molar-refractivity contribution is 6.05. The van der Waals surface area contributed by atoms with Crippen LogP contribution in [-0.2, 0) is 0 Å². The van der Waals surface area contributed by atoms with Crippen LogP contribution in [0.2, 0.25) is 0 Å². The van der Waals surface area contributed by atoms with Crippen LogP contribution in [0.5, 0.6) is 17.2 Å². The van der Waals surface area contributed by atoms with E-state index in [1.165, 1.54) is 6.08 Å². The highest BCUT2D eigenvalue weighted by atomic mass is 16.5. The quantitative estimate of drug-likeness (QED) is 0.606. The van der Waals surface area contributed by atoms with Crippen molar-refractivity contribution in [2.75, 3.05) is 21.3 Å². The smallest absolute Gasteiger partial charge is 0.204 e. The SMILES string of the molecule is COc1cc(OC)c(/C=C/C(=O)c2ccccn2)c(OC)c1. The zero-order valence-corrected chi connectivity index (χ0v) is 12.7. The molecule has 1 aromatic heterocycles. The summed E-state index contributed by atoms with van der Waals surface area (Å²) < 4.78 is 15.8. The third-order valence-corrected chi connectivity index (χ3v) is 3.07. The fourth-order valence-electron chi connectivity index (χ4n) is 1.95. The number of ether oxygens (including phenoxy) is 3. The first-order chi connectivity index (χ1) is 10.7. The van der Waals surface area contributed by atoms with Gasteiger partial charge in [0.05, 0.1) is 26.9 Å². The molecule has 2 rings (SSSR count). The van der Waals surface area contributed by atoms with Crippen LogP contribution in [0.4, 0.5) is 0 Å². The molecule has 5 nitrogen and oxygen atoms in total. The Labute approximate surface area is 129 Å². The summed E-state index contributed by atoms with van der Waals surface area (Å²) in [5, 5.41) is 0. The fraction of sp³-hybridized carbons (Fsp3) is 0.176. The Morgan fingerprint density at radius 3 is 2.23 bits per heavy atom. The van der Waals surface area contributed by atoms with Crippen LogP contribution in [0.1, 0.15) is 16.1 Å². The summed E-state index contributed by atoms with van der Waals surface area (Å²) in [6.07, 6.45) is 4.67. The van der Waals surface area contributed by atoms with Crippen LogP contribution in [0.15, 0.2) is 42.6 Å². The maximum absolute atomic E-state index is 12.1. The zero-order valence-electron chi connectivity index (χ0n) is 12.7. The van der Waals surface area contributed by atoms with E-state index >= 15 is 0 Å². The number of methoxy groups -OCH3 is 3. The number of carbonyl (C=O) groups is 1. The van der Waals surface area contributed by atoms with Gasteiger partial charge in [0, 0.05) is 18.3 Å². The van der Waals surface area contributed by atoms with Crippen molar-refractivity contribution in [1.29, 1.82) is 0 Å². The van der Waals surface area contributed by atoms with Gasteiger partial charge < -0.3 is 14.2 Å². The summed E-state index contributed by atoms with van der Waals surface area (Å²) in [4.78, 5) is 16.1. The van der Waals surface area contributed by atoms with E-state index in [9.17, 15) is 4.79 Å². The normalized spacial score (nSPS) is 10.5. The number of hydrogen-bond donors (Lipinski definition) is 0. The van der Waals surface area contributed by atoms with Gasteiger partial charge in [-0.25, -0.2) is 0 Å². The van der Waals surface area contributed by atoms with Gasteiger partial charge in [-0.05, 0) is 24.3 Å². The molecular weight excluding hydrogens is 282 g/mol. The molecule has 0 fully saturated rings. The Morgan fingerprint density at radius 1 is 1.05 bits per heavy atom. The maximum atomic E-state index is 12.1. The largest absolute Gasteiger partial charge is 0.496 e. The lowest BCUT2D eigenvalue weighted by molar-refractivity contribution is 0.104. The van der Waals surface area contributed by atoms with E-state index in [1.54, 1.807) is 63.9 Å². The number of hydrogen-bond acceptors (Lipinski definition) is 5. The topological polar surface area (TPSA) is 57.7 Å². The van der Waals surface area contributed by atoms with E-state index in [4.69, 9.17) is 14.2 Å². The average molecular weight is 299 g/mol. The van der Waals surface area contributed by atoms with Crippen molar-refractivity contribution in [3.05, 3.63) is 53.9 Å². The Balaban J connectivity index is 2.36. The lowest BCUT2D eigenvalue weighted by Crippen LogP contribution is -1.98. The summed E-state index contributed by atoms with van der Waals surface area (Å²) >= 11 is 0. The van der Waals surface area contributed by atoms with E-state index < -0.39 is 0 Å². The number of allylic oxidation sites excluding steroid dienone is 1. The van der Waals surface area contributed by atoms with Gasteiger partial charge in [-0.15, -0.1) is 0 Å². The monoisotopic (exact) mass is 299 g/mol. The second-order valence-corrected chi connectivity index (χ2v) is 4.36. The number of rotatable bonds is 6. The molecule has 114 valence electrons.